The van der Waals surface area contributed by atoms with Crippen molar-refractivity contribution in [2.24, 2.45) is 5.41 Å². The second-order valence-electron chi connectivity index (χ2n) is 6.40. The van der Waals surface area contributed by atoms with Crippen LogP contribution in [-0.2, 0) is 6.54 Å². The molecule has 2 saturated heterocycles. The first-order valence-electron chi connectivity index (χ1n) is 7.76. The van der Waals surface area contributed by atoms with Gasteiger partial charge in [0, 0.05) is 25.2 Å². The zero-order valence-corrected chi connectivity index (χ0v) is 12.2. The molecule has 0 bridgehead atoms. The molecule has 1 aromatic heterocycles. The van der Waals surface area contributed by atoms with E-state index in [2.05, 4.69) is 15.2 Å². The Morgan fingerprint density at radius 3 is 2.95 bits per heavy atom. The number of likely N-dealkylation sites (tertiary alicyclic amines) is 1. The molecule has 2 aliphatic rings. The standard InChI is InChI=1S/C17H21N3O/c1-2-4-14(5-3-1)16-19-15(11-21-16)10-20-9-7-17(13-20)6-8-18-12-17/h1-5,11,18H,6-10,12-13H2. The third kappa shape index (κ3) is 2.61. The minimum absolute atomic E-state index is 0.520. The zero-order valence-electron chi connectivity index (χ0n) is 12.2. The molecular weight excluding hydrogens is 262 g/mol. The van der Waals surface area contributed by atoms with Crippen molar-refractivity contribution in [1.82, 2.24) is 15.2 Å². The van der Waals surface area contributed by atoms with Crippen LogP contribution < -0.4 is 5.32 Å². The molecule has 1 atom stereocenters. The first-order chi connectivity index (χ1) is 10.3. The van der Waals surface area contributed by atoms with Gasteiger partial charge in [-0.05, 0) is 43.5 Å². The maximum absolute atomic E-state index is 5.63. The Hall–Kier alpha value is -1.65. The highest BCUT2D eigenvalue weighted by Crippen LogP contribution is 2.36. The van der Waals surface area contributed by atoms with Gasteiger partial charge in [-0.2, -0.15) is 0 Å². The maximum Gasteiger partial charge on any atom is 0.226 e. The molecule has 1 unspecified atom stereocenters. The van der Waals surface area contributed by atoms with E-state index in [1.54, 1.807) is 6.26 Å². The molecule has 110 valence electrons. The van der Waals surface area contributed by atoms with Gasteiger partial charge in [-0.25, -0.2) is 4.98 Å². The summed E-state index contributed by atoms with van der Waals surface area (Å²) in [5.74, 6) is 0.724. The number of rotatable bonds is 3. The van der Waals surface area contributed by atoms with Crippen molar-refractivity contribution >= 4 is 0 Å². The monoisotopic (exact) mass is 283 g/mol. The molecule has 4 rings (SSSR count). The van der Waals surface area contributed by atoms with Crippen molar-refractivity contribution in [3.05, 3.63) is 42.3 Å². The van der Waals surface area contributed by atoms with E-state index in [1.165, 1.54) is 39.0 Å². The summed E-state index contributed by atoms with van der Waals surface area (Å²) in [6, 6.07) is 10.1. The number of aromatic nitrogens is 1. The van der Waals surface area contributed by atoms with Crippen LogP contribution in [0.5, 0.6) is 0 Å². The van der Waals surface area contributed by atoms with Gasteiger partial charge in [0.25, 0.3) is 0 Å². The molecule has 2 aliphatic heterocycles. The Morgan fingerprint density at radius 1 is 1.24 bits per heavy atom. The van der Waals surface area contributed by atoms with Gasteiger partial charge in [0.15, 0.2) is 0 Å². The molecule has 21 heavy (non-hydrogen) atoms. The van der Waals surface area contributed by atoms with Crippen molar-refractivity contribution in [3.8, 4) is 11.5 Å². The Morgan fingerprint density at radius 2 is 2.14 bits per heavy atom. The number of nitrogens with one attached hydrogen (secondary N) is 1. The van der Waals surface area contributed by atoms with Gasteiger partial charge in [0.2, 0.25) is 5.89 Å². The van der Waals surface area contributed by atoms with E-state index in [4.69, 9.17) is 4.42 Å². The molecule has 1 aromatic carbocycles. The normalized spacial score (nSPS) is 25.9. The maximum atomic E-state index is 5.63. The van der Waals surface area contributed by atoms with Crippen LogP contribution in [0.4, 0.5) is 0 Å². The van der Waals surface area contributed by atoms with E-state index < -0.39 is 0 Å². The van der Waals surface area contributed by atoms with Crippen LogP contribution in [0, 0.1) is 5.41 Å². The molecule has 3 heterocycles. The molecule has 2 fully saturated rings. The average Bonchev–Trinajstić information content (AvgIpc) is 3.24. The minimum Gasteiger partial charge on any atom is -0.444 e. The molecule has 1 spiro atoms. The van der Waals surface area contributed by atoms with E-state index in [0.717, 1.165) is 23.7 Å². The fourth-order valence-electron chi connectivity index (χ4n) is 3.63. The largest absolute Gasteiger partial charge is 0.444 e. The lowest BCUT2D eigenvalue weighted by atomic mass is 9.87. The zero-order chi connectivity index (χ0) is 14.1. The predicted octanol–water partition coefficient (Wildman–Crippen LogP) is 2.53. The van der Waals surface area contributed by atoms with Crippen LogP contribution in [0.15, 0.2) is 41.0 Å². The Balaban J connectivity index is 1.43. The Kier molecular flexibility index (Phi) is 3.28. The molecule has 1 N–H and O–H groups in total. The van der Waals surface area contributed by atoms with Crippen LogP contribution in [0.25, 0.3) is 11.5 Å². The summed E-state index contributed by atoms with van der Waals surface area (Å²) in [5.41, 5.74) is 2.60. The first kappa shape index (κ1) is 13.0. The molecule has 2 aromatic rings. The second-order valence-corrected chi connectivity index (χ2v) is 6.40. The van der Waals surface area contributed by atoms with Crippen LogP contribution in [0.1, 0.15) is 18.5 Å². The SMILES string of the molecule is c1ccc(-c2nc(CN3CCC4(CCNC4)C3)co2)cc1. The van der Waals surface area contributed by atoms with E-state index in [0.29, 0.717) is 5.41 Å². The molecule has 0 aliphatic carbocycles. The third-order valence-corrected chi connectivity index (χ3v) is 4.81. The van der Waals surface area contributed by atoms with Gasteiger partial charge >= 0.3 is 0 Å². The second kappa shape index (κ2) is 5.28. The highest BCUT2D eigenvalue weighted by atomic mass is 16.3. The summed E-state index contributed by atoms with van der Waals surface area (Å²) >= 11 is 0. The first-order valence-corrected chi connectivity index (χ1v) is 7.76. The van der Waals surface area contributed by atoms with Crippen molar-refractivity contribution in [3.63, 3.8) is 0 Å². The van der Waals surface area contributed by atoms with Crippen molar-refractivity contribution in [2.75, 3.05) is 26.2 Å². The lowest BCUT2D eigenvalue weighted by Crippen LogP contribution is -2.29. The quantitative estimate of drug-likeness (QED) is 0.940. The van der Waals surface area contributed by atoms with Crippen LogP contribution >= 0.6 is 0 Å². The molecular formula is C17H21N3O. The molecule has 0 saturated carbocycles. The molecule has 4 nitrogen and oxygen atoms in total. The van der Waals surface area contributed by atoms with Crippen LogP contribution in [0.3, 0.4) is 0 Å². The van der Waals surface area contributed by atoms with Gasteiger partial charge in [0.05, 0.1) is 5.69 Å². The van der Waals surface area contributed by atoms with Gasteiger partial charge in [0.1, 0.15) is 6.26 Å². The van der Waals surface area contributed by atoms with Crippen LogP contribution in [-0.4, -0.2) is 36.1 Å². The fraction of sp³-hybridized carbons (Fsp3) is 0.471. The van der Waals surface area contributed by atoms with Crippen LogP contribution in [0.2, 0.25) is 0 Å². The summed E-state index contributed by atoms with van der Waals surface area (Å²) in [6.07, 6.45) is 4.43. The van der Waals surface area contributed by atoms with Gasteiger partial charge < -0.3 is 9.73 Å². The van der Waals surface area contributed by atoms with E-state index in [-0.39, 0.29) is 0 Å². The lowest BCUT2D eigenvalue weighted by Gasteiger charge is -2.22. The predicted molar refractivity (Wildman–Crippen MR) is 81.8 cm³/mol. The van der Waals surface area contributed by atoms with E-state index in [1.807, 2.05) is 30.3 Å². The topological polar surface area (TPSA) is 41.3 Å². The summed E-state index contributed by atoms with van der Waals surface area (Å²) in [4.78, 5) is 7.15. The number of benzene rings is 1. The van der Waals surface area contributed by atoms with Gasteiger partial charge in [-0.3, -0.25) is 4.90 Å². The van der Waals surface area contributed by atoms with E-state index >= 15 is 0 Å². The van der Waals surface area contributed by atoms with Gasteiger partial charge in [-0.1, -0.05) is 18.2 Å². The van der Waals surface area contributed by atoms with Crippen molar-refractivity contribution < 1.29 is 4.42 Å². The summed E-state index contributed by atoms with van der Waals surface area (Å²) < 4.78 is 5.63. The molecule has 0 radical (unpaired) electrons. The van der Waals surface area contributed by atoms with Gasteiger partial charge in [-0.15, -0.1) is 0 Å². The van der Waals surface area contributed by atoms with E-state index in [9.17, 15) is 0 Å². The van der Waals surface area contributed by atoms with Crippen molar-refractivity contribution in [1.29, 1.82) is 0 Å². The minimum atomic E-state index is 0.520. The molecule has 4 heteroatoms. The molecule has 0 amide bonds. The smallest absolute Gasteiger partial charge is 0.226 e. The average molecular weight is 283 g/mol. The number of nitrogens with zero attached hydrogens (tertiary/aromatic N) is 2. The van der Waals surface area contributed by atoms with Crippen molar-refractivity contribution in [2.45, 2.75) is 19.4 Å². The third-order valence-electron chi connectivity index (χ3n) is 4.81. The fourth-order valence-corrected chi connectivity index (χ4v) is 3.63. The lowest BCUT2D eigenvalue weighted by molar-refractivity contribution is 0.266. The highest BCUT2D eigenvalue weighted by molar-refractivity contribution is 5.52. The number of hydrogen-bond donors (Lipinski definition) is 1. The number of hydrogen-bond acceptors (Lipinski definition) is 4. The summed E-state index contributed by atoms with van der Waals surface area (Å²) in [5, 5.41) is 3.50. The summed E-state index contributed by atoms with van der Waals surface area (Å²) in [6.45, 7) is 5.62. The highest BCUT2D eigenvalue weighted by Gasteiger charge is 2.40. The Labute approximate surface area is 125 Å². The Bertz CT molecular complexity index is 602. The number of oxazole rings is 1. The summed E-state index contributed by atoms with van der Waals surface area (Å²) in [7, 11) is 0.